The molecule has 2 aliphatic heterocycles. The van der Waals surface area contributed by atoms with Crippen molar-refractivity contribution in [3.05, 3.63) is 59.7 Å². The van der Waals surface area contributed by atoms with Gasteiger partial charge in [0.25, 0.3) is 0 Å². The number of fused-ring (bicyclic) bond motifs is 2. The molecule has 0 aromatic heterocycles. The van der Waals surface area contributed by atoms with Gasteiger partial charge in [-0.2, -0.15) is 10.1 Å². The van der Waals surface area contributed by atoms with E-state index in [1.54, 1.807) is 5.01 Å². The summed E-state index contributed by atoms with van der Waals surface area (Å²) in [5.41, 5.74) is 1.66. The lowest BCUT2D eigenvalue weighted by Gasteiger charge is -2.19. The molecule has 7 heteroatoms. The maximum absolute atomic E-state index is 11.9. The van der Waals surface area contributed by atoms with Crippen LogP contribution in [0.15, 0.2) is 63.6 Å². The Balaban J connectivity index is 1.70. The minimum Gasteiger partial charge on any atom is -0.353 e. The van der Waals surface area contributed by atoms with Crippen LogP contribution in [0.5, 0.6) is 0 Å². The van der Waals surface area contributed by atoms with Crippen LogP contribution >= 0.6 is 0 Å². The van der Waals surface area contributed by atoms with E-state index in [0.717, 1.165) is 46.5 Å². The van der Waals surface area contributed by atoms with E-state index in [1.807, 2.05) is 54.7 Å². The van der Waals surface area contributed by atoms with Gasteiger partial charge in [0.2, 0.25) is 11.9 Å². The molecule has 0 saturated carbocycles. The van der Waals surface area contributed by atoms with Crippen molar-refractivity contribution in [3.63, 3.8) is 0 Å². The Labute approximate surface area is 167 Å². The van der Waals surface area contributed by atoms with E-state index in [2.05, 4.69) is 20.6 Å². The monoisotopic (exact) mass is 384 g/mol. The van der Waals surface area contributed by atoms with Gasteiger partial charge < -0.3 is 10.6 Å². The zero-order valence-corrected chi connectivity index (χ0v) is 15.8. The number of nitrogens with zero attached hydrogens (tertiary/aromatic N) is 4. The minimum absolute atomic E-state index is 0.688. The van der Waals surface area contributed by atoms with Crippen molar-refractivity contribution in [3.8, 4) is 0 Å². The highest BCUT2D eigenvalue weighted by atomic mass is 16.1. The summed E-state index contributed by atoms with van der Waals surface area (Å²) in [6.45, 7) is 3.01. The first kappa shape index (κ1) is 17.4. The van der Waals surface area contributed by atoms with Gasteiger partial charge in [0.05, 0.1) is 19.3 Å². The Morgan fingerprint density at radius 3 is 1.69 bits per heavy atom. The molecule has 3 aromatic carbocycles. The third-order valence-corrected chi connectivity index (χ3v) is 5.15. The summed E-state index contributed by atoms with van der Waals surface area (Å²) in [6, 6.07) is 15.9. The Kier molecular flexibility index (Phi) is 4.40. The Morgan fingerprint density at radius 2 is 1.28 bits per heavy atom. The molecule has 0 aliphatic carbocycles. The van der Waals surface area contributed by atoms with E-state index in [0.29, 0.717) is 30.6 Å². The van der Waals surface area contributed by atoms with Gasteiger partial charge in [0.15, 0.2) is 6.29 Å². The molecule has 2 N–H and O–H groups in total. The van der Waals surface area contributed by atoms with E-state index in [1.165, 1.54) is 0 Å². The molecule has 2 heterocycles. The summed E-state index contributed by atoms with van der Waals surface area (Å²) in [4.78, 5) is 20.9. The molecule has 29 heavy (non-hydrogen) atoms. The third kappa shape index (κ3) is 3.00. The van der Waals surface area contributed by atoms with Gasteiger partial charge in [-0.1, -0.05) is 48.5 Å². The molecular weight excluding hydrogens is 364 g/mol. The van der Waals surface area contributed by atoms with Crippen LogP contribution in [0.3, 0.4) is 0 Å². The Hall–Kier alpha value is -3.74. The average molecular weight is 384 g/mol. The van der Waals surface area contributed by atoms with Crippen LogP contribution in [-0.4, -0.2) is 55.6 Å². The molecule has 0 unspecified atom stereocenters. The lowest BCUT2D eigenvalue weighted by atomic mass is 9.93. The number of aliphatic imine (C=N–C) groups is 2. The maximum Gasteiger partial charge on any atom is 0.222 e. The molecule has 0 fully saturated rings. The van der Waals surface area contributed by atoms with Crippen LogP contribution in [0.4, 0.5) is 0 Å². The average Bonchev–Trinajstić information content (AvgIpc) is 3.48. The van der Waals surface area contributed by atoms with Crippen LogP contribution in [0.25, 0.3) is 21.5 Å². The molecule has 144 valence electrons. The van der Waals surface area contributed by atoms with Crippen LogP contribution < -0.4 is 10.6 Å². The van der Waals surface area contributed by atoms with Crippen molar-refractivity contribution in [1.82, 2.24) is 15.6 Å². The third-order valence-electron chi connectivity index (χ3n) is 5.15. The SMILES string of the molecule is O=Cc1c2ccccc2c(C=NN(C2=NCCN2)C2=NCCN2)c2ccccc12. The van der Waals surface area contributed by atoms with E-state index < -0.39 is 0 Å². The van der Waals surface area contributed by atoms with Crippen LogP contribution in [0, 0.1) is 0 Å². The van der Waals surface area contributed by atoms with E-state index in [-0.39, 0.29) is 0 Å². The molecule has 0 radical (unpaired) electrons. The summed E-state index contributed by atoms with van der Waals surface area (Å²) < 4.78 is 0. The van der Waals surface area contributed by atoms with Gasteiger partial charge in [-0.3, -0.25) is 4.79 Å². The highest BCUT2D eigenvalue weighted by Gasteiger charge is 2.22. The first-order chi connectivity index (χ1) is 14.4. The number of nitrogens with one attached hydrogen (secondary N) is 2. The molecule has 0 spiro atoms. The van der Waals surface area contributed by atoms with Gasteiger partial charge in [-0.05, 0) is 21.5 Å². The summed E-state index contributed by atoms with van der Waals surface area (Å²) in [6.07, 6.45) is 2.77. The number of rotatable bonds is 3. The Bertz CT molecular complexity index is 1120. The number of hydrogen-bond donors (Lipinski definition) is 2. The van der Waals surface area contributed by atoms with E-state index in [4.69, 9.17) is 5.10 Å². The summed E-state index contributed by atoms with van der Waals surface area (Å²) >= 11 is 0. The van der Waals surface area contributed by atoms with Crippen molar-refractivity contribution < 1.29 is 4.79 Å². The second-order valence-electron chi connectivity index (χ2n) is 6.86. The standard InChI is InChI=1S/C22H20N6O/c29-14-20-17-7-3-1-5-15(17)19(16-6-2-4-8-18(16)20)13-27-28(21-23-9-10-24-21)22-25-11-12-26-22/h1-8,13-14H,9-12H2,(H,23,24)(H,25,26). The molecule has 0 atom stereocenters. The number of carbonyl (C=O) groups is 1. The van der Waals surface area contributed by atoms with E-state index >= 15 is 0 Å². The van der Waals surface area contributed by atoms with Crippen molar-refractivity contribution in [2.24, 2.45) is 15.1 Å². The largest absolute Gasteiger partial charge is 0.353 e. The second kappa shape index (κ2) is 7.35. The van der Waals surface area contributed by atoms with Gasteiger partial charge in [-0.25, -0.2) is 9.98 Å². The van der Waals surface area contributed by atoms with Crippen molar-refractivity contribution in [2.75, 3.05) is 26.2 Å². The lowest BCUT2D eigenvalue weighted by molar-refractivity contribution is 0.112. The number of carbonyl (C=O) groups excluding carboxylic acids is 1. The summed E-state index contributed by atoms with van der Waals surface area (Å²) in [7, 11) is 0. The predicted octanol–water partition coefficient (Wildman–Crippen LogP) is 2.36. The molecule has 0 bridgehead atoms. The lowest BCUT2D eigenvalue weighted by Crippen LogP contribution is -2.44. The molecule has 3 aromatic rings. The van der Waals surface area contributed by atoms with Crippen LogP contribution in [-0.2, 0) is 0 Å². The molecule has 5 rings (SSSR count). The van der Waals surface area contributed by atoms with Gasteiger partial charge >= 0.3 is 0 Å². The van der Waals surface area contributed by atoms with Gasteiger partial charge in [0, 0.05) is 24.2 Å². The minimum atomic E-state index is 0.688. The zero-order chi connectivity index (χ0) is 19.6. The maximum atomic E-state index is 11.9. The number of guanidine groups is 2. The fourth-order valence-corrected chi connectivity index (χ4v) is 3.84. The quantitative estimate of drug-likeness (QED) is 0.314. The first-order valence-corrected chi connectivity index (χ1v) is 9.66. The second-order valence-corrected chi connectivity index (χ2v) is 6.86. The van der Waals surface area contributed by atoms with Gasteiger partial charge in [-0.15, -0.1) is 0 Å². The van der Waals surface area contributed by atoms with Gasteiger partial charge in [0.1, 0.15) is 0 Å². The van der Waals surface area contributed by atoms with E-state index in [9.17, 15) is 4.79 Å². The number of aldehydes is 1. The van der Waals surface area contributed by atoms with Crippen molar-refractivity contribution >= 4 is 46.0 Å². The first-order valence-electron chi connectivity index (χ1n) is 9.66. The molecular formula is C22H20N6O. The normalized spacial score (nSPS) is 16.0. The topological polar surface area (TPSA) is 81.5 Å². The number of hydrogen-bond acceptors (Lipinski definition) is 7. The zero-order valence-electron chi connectivity index (χ0n) is 15.8. The number of hydrazone groups is 1. The molecule has 2 aliphatic rings. The molecule has 7 nitrogen and oxygen atoms in total. The predicted molar refractivity (Wildman–Crippen MR) is 117 cm³/mol. The van der Waals surface area contributed by atoms with Crippen LogP contribution in [0.2, 0.25) is 0 Å². The number of benzene rings is 3. The van der Waals surface area contributed by atoms with Crippen LogP contribution in [0.1, 0.15) is 15.9 Å². The highest BCUT2D eigenvalue weighted by Crippen LogP contribution is 2.31. The Morgan fingerprint density at radius 1 is 0.793 bits per heavy atom. The van der Waals surface area contributed by atoms with Crippen molar-refractivity contribution in [2.45, 2.75) is 0 Å². The highest BCUT2D eigenvalue weighted by molar-refractivity contribution is 6.20. The molecule has 0 amide bonds. The fraction of sp³-hybridized carbons (Fsp3) is 0.182. The fourth-order valence-electron chi connectivity index (χ4n) is 3.84. The summed E-state index contributed by atoms with van der Waals surface area (Å²) in [5.74, 6) is 1.38. The summed E-state index contributed by atoms with van der Waals surface area (Å²) in [5, 5.41) is 16.8. The van der Waals surface area contributed by atoms with Crippen molar-refractivity contribution in [1.29, 1.82) is 0 Å². The molecule has 0 saturated heterocycles. The smallest absolute Gasteiger partial charge is 0.222 e.